The molecule has 0 radical (unpaired) electrons. The van der Waals surface area contributed by atoms with E-state index >= 15 is 0 Å². The summed E-state index contributed by atoms with van der Waals surface area (Å²) >= 11 is 0. The largest absolute Gasteiger partial charge is 0.370 e. The van der Waals surface area contributed by atoms with E-state index in [1.807, 2.05) is 6.20 Å². The van der Waals surface area contributed by atoms with Gasteiger partial charge in [0, 0.05) is 43.3 Å². The van der Waals surface area contributed by atoms with Gasteiger partial charge < -0.3 is 10.2 Å². The number of amides is 1. The summed E-state index contributed by atoms with van der Waals surface area (Å²) < 4.78 is 0. The van der Waals surface area contributed by atoms with Gasteiger partial charge in [-0.25, -0.2) is 0 Å². The van der Waals surface area contributed by atoms with Crippen LogP contribution in [0.2, 0.25) is 0 Å². The summed E-state index contributed by atoms with van der Waals surface area (Å²) in [6, 6.07) is 6.54. The van der Waals surface area contributed by atoms with Gasteiger partial charge in [0.05, 0.1) is 5.52 Å². The number of anilines is 1. The quantitative estimate of drug-likeness (QED) is 0.879. The van der Waals surface area contributed by atoms with E-state index in [1.165, 1.54) is 22.2 Å². The fourth-order valence-corrected chi connectivity index (χ4v) is 4.03. The number of rotatable bonds is 1. The van der Waals surface area contributed by atoms with E-state index in [4.69, 9.17) is 0 Å². The summed E-state index contributed by atoms with van der Waals surface area (Å²) in [6.07, 6.45) is 2.58. The van der Waals surface area contributed by atoms with Gasteiger partial charge in [-0.15, -0.1) is 0 Å². The van der Waals surface area contributed by atoms with E-state index in [0.29, 0.717) is 18.3 Å². The van der Waals surface area contributed by atoms with E-state index in [1.54, 1.807) is 0 Å². The Labute approximate surface area is 130 Å². The summed E-state index contributed by atoms with van der Waals surface area (Å²) in [6.45, 7) is 7.08. The number of pyridine rings is 1. The van der Waals surface area contributed by atoms with Crippen molar-refractivity contribution in [1.29, 1.82) is 0 Å². The lowest BCUT2D eigenvalue weighted by Crippen LogP contribution is -2.39. The van der Waals surface area contributed by atoms with Crippen LogP contribution >= 0.6 is 0 Å². The molecular formula is C18H21N3O. The van der Waals surface area contributed by atoms with Crippen LogP contribution in [-0.4, -0.2) is 30.5 Å². The molecule has 1 aromatic carbocycles. The molecular weight excluding hydrogens is 274 g/mol. The van der Waals surface area contributed by atoms with Crippen LogP contribution in [0.1, 0.15) is 17.5 Å². The maximum Gasteiger partial charge on any atom is 0.220 e. The molecule has 0 aliphatic carbocycles. The van der Waals surface area contributed by atoms with Crippen LogP contribution in [0.5, 0.6) is 0 Å². The molecule has 3 heterocycles. The van der Waals surface area contributed by atoms with Crippen molar-refractivity contribution in [3.63, 3.8) is 0 Å². The molecule has 114 valence electrons. The molecule has 0 saturated carbocycles. The second-order valence-electron chi connectivity index (χ2n) is 6.74. The maximum absolute atomic E-state index is 11.6. The van der Waals surface area contributed by atoms with Gasteiger partial charge in [-0.2, -0.15) is 0 Å². The summed E-state index contributed by atoms with van der Waals surface area (Å²) in [5, 5.41) is 4.24. The molecule has 0 unspecified atom stereocenters. The van der Waals surface area contributed by atoms with E-state index in [2.05, 4.69) is 47.2 Å². The van der Waals surface area contributed by atoms with Crippen LogP contribution in [0.15, 0.2) is 24.4 Å². The van der Waals surface area contributed by atoms with Gasteiger partial charge in [0.25, 0.3) is 0 Å². The first kappa shape index (κ1) is 13.6. The number of benzene rings is 1. The van der Waals surface area contributed by atoms with Gasteiger partial charge in [0.15, 0.2) is 0 Å². The van der Waals surface area contributed by atoms with Crippen LogP contribution in [0, 0.1) is 25.7 Å². The smallest absolute Gasteiger partial charge is 0.220 e. The summed E-state index contributed by atoms with van der Waals surface area (Å²) in [5.41, 5.74) is 4.85. The Hall–Kier alpha value is -2.10. The van der Waals surface area contributed by atoms with Crippen LogP contribution < -0.4 is 10.2 Å². The Balaban J connectivity index is 1.74. The first-order valence-electron chi connectivity index (χ1n) is 7.99. The number of piperidine rings is 1. The van der Waals surface area contributed by atoms with Crippen LogP contribution in [0.25, 0.3) is 10.9 Å². The van der Waals surface area contributed by atoms with Gasteiger partial charge in [0.2, 0.25) is 5.91 Å². The van der Waals surface area contributed by atoms with Crippen molar-refractivity contribution >= 4 is 22.5 Å². The highest BCUT2D eigenvalue weighted by atomic mass is 16.1. The normalized spacial score (nSPS) is 24.5. The van der Waals surface area contributed by atoms with Gasteiger partial charge >= 0.3 is 0 Å². The molecule has 2 saturated heterocycles. The Morgan fingerprint density at radius 1 is 1.23 bits per heavy atom. The molecule has 1 amide bonds. The Kier molecular flexibility index (Phi) is 3.06. The molecule has 2 aliphatic heterocycles. The number of nitrogens with zero attached hydrogens (tertiary/aromatic N) is 2. The minimum Gasteiger partial charge on any atom is -0.370 e. The second-order valence-corrected chi connectivity index (χ2v) is 6.74. The molecule has 1 N–H and O–H groups in total. The predicted molar refractivity (Wildman–Crippen MR) is 88.0 cm³/mol. The fourth-order valence-electron chi connectivity index (χ4n) is 4.03. The fraction of sp³-hybridized carbons (Fsp3) is 0.444. The van der Waals surface area contributed by atoms with E-state index in [-0.39, 0.29) is 5.91 Å². The molecule has 0 spiro atoms. The number of carbonyl (C=O) groups excluding carboxylic acids is 1. The van der Waals surface area contributed by atoms with E-state index in [0.717, 1.165) is 25.2 Å². The number of hydrogen-bond donors (Lipinski definition) is 1. The number of carbonyl (C=O) groups is 1. The second kappa shape index (κ2) is 4.97. The Bertz CT molecular complexity index is 755. The molecule has 2 aromatic rings. The maximum atomic E-state index is 11.6. The Morgan fingerprint density at radius 2 is 2.05 bits per heavy atom. The van der Waals surface area contributed by atoms with Gasteiger partial charge in [-0.3, -0.25) is 9.78 Å². The lowest BCUT2D eigenvalue weighted by atomic mass is 9.89. The average Bonchev–Trinajstić information content (AvgIpc) is 2.89. The zero-order valence-corrected chi connectivity index (χ0v) is 13.1. The molecule has 0 bridgehead atoms. The number of aromatic nitrogens is 1. The summed E-state index contributed by atoms with van der Waals surface area (Å²) in [5.74, 6) is 1.27. The van der Waals surface area contributed by atoms with Gasteiger partial charge in [-0.05, 0) is 43.4 Å². The SMILES string of the molecule is Cc1cc(C)c2nccc(N3C[C@H]4CC(=O)NC[C@H]4C3)c2c1. The van der Waals surface area contributed by atoms with Crippen LogP contribution in [0.4, 0.5) is 5.69 Å². The Morgan fingerprint density at radius 3 is 2.91 bits per heavy atom. The number of fused-ring (bicyclic) bond motifs is 2. The average molecular weight is 295 g/mol. The third-order valence-electron chi connectivity index (χ3n) is 5.08. The molecule has 1 aromatic heterocycles. The molecule has 22 heavy (non-hydrogen) atoms. The van der Waals surface area contributed by atoms with Gasteiger partial charge in [-0.1, -0.05) is 11.6 Å². The highest BCUT2D eigenvalue weighted by Gasteiger charge is 2.37. The third kappa shape index (κ3) is 2.14. The topological polar surface area (TPSA) is 45.2 Å². The first-order valence-corrected chi connectivity index (χ1v) is 7.99. The number of nitrogens with one attached hydrogen (secondary N) is 1. The molecule has 2 aliphatic rings. The van der Waals surface area contributed by atoms with Crippen molar-refractivity contribution < 1.29 is 4.79 Å². The van der Waals surface area contributed by atoms with E-state index in [9.17, 15) is 4.79 Å². The van der Waals surface area contributed by atoms with Crippen LogP contribution in [-0.2, 0) is 4.79 Å². The van der Waals surface area contributed by atoms with Crippen molar-refractivity contribution in [2.24, 2.45) is 11.8 Å². The van der Waals surface area contributed by atoms with E-state index < -0.39 is 0 Å². The van der Waals surface area contributed by atoms with Crippen molar-refractivity contribution in [3.05, 3.63) is 35.5 Å². The number of aryl methyl sites for hydroxylation is 2. The molecule has 4 heteroatoms. The minimum absolute atomic E-state index is 0.203. The monoisotopic (exact) mass is 295 g/mol. The van der Waals surface area contributed by atoms with Gasteiger partial charge in [0.1, 0.15) is 0 Å². The van der Waals surface area contributed by atoms with Crippen molar-refractivity contribution in [2.75, 3.05) is 24.5 Å². The zero-order chi connectivity index (χ0) is 15.3. The molecule has 2 fully saturated rings. The third-order valence-corrected chi connectivity index (χ3v) is 5.08. The van der Waals surface area contributed by atoms with Crippen LogP contribution in [0.3, 0.4) is 0 Å². The first-order chi connectivity index (χ1) is 10.6. The predicted octanol–water partition coefficient (Wildman–Crippen LogP) is 2.42. The zero-order valence-electron chi connectivity index (χ0n) is 13.1. The van der Waals surface area contributed by atoms with Crippen molar-refractivity contribution in [2.45, 2.75) is 20.3 Å². The summed E-state index contributed by atoms with van der Waals surface area (Å²) in [7, 11) is 0. The van der Waals surface area contributed by atoms with Crippen molar-refractivity contribution in [3.8, 4) is 0 Å². The lowest BCUT2D eigenvalue weighted by Gasteiger charge is -2.23. The highest BCUT2D eigenvalue weighted by molar-refractivity contribution is 5.94. The molecule has 2 atom stereocenters. The highest BCUT2D eigenvalue weighted by Crippen LogP contribution is 2.36. The summed E-state index contributed by atoms with van der Waals surface area (Å²) in [4.78, 5) is 18.6. The van der Waals surface area contributed by atoms with Crippen molar-refractivity contribution in [1.82, 2.24) is 10.3 Å². The lowest BCUT2D eigenvalue weighted by molar-refractivity contribution is -0.124. The molecule has 4 nitrogen and oxygen atoms in total. The minimum atomic E-state index is 0.203. The number of hydrogen-bond acceptors (Lipinski definition) is 3. The standard InChI is InChI=1S/C18H21N3O/c1-11-5-12(2)18-15(6-11)16(3-4-19-18)21-9-13-7-17(22)20-8-14(13)10-21/h3-6,13-14H,7-10H2,1-2H3,(H,20,22)/t13-,14+/m1/s1. The molecule has 4 rings (SSSR count).